The number of ether oxygens (including phenoxy) is 2. The van der Waals surface area contributed by atoms with E-state index in [0.717, 1.165) is 5.56 Å². The summed E-state index contributed by atoms with van der Waals surface area (Å²) in [5.74, 6) is -0.310. The third kappa shape index (κ3) is 3.01. The normalized spacial score (nSPS) is 10.2. The third-order valence-corrected chi connectivity index (χ3v) is 2.39. The molecule has 7 nitrogen and oxygen atoms in total. The highest BCUT2D eigenvalue weighted by Crippen LogP contribution is 2.19. The SMILES string of the molecule is COC(=O)COc1nc(-c2cccc(C)c2)n(O)n1. The Morgan fingerprint density at radius 1 is 1.47 bits per heavy atom. The summed E-state index contributed by atoms with van der Waals surface area (Å²) in [4.78, 5) is 15.5. The minimum Gasteiger partial charge on any atom is -0.466 e. The Morgan fingerprint density at radius 3 is 2.95 bits per heavy atom. The van der Waals surface area contributed by atoms with Gasteiger partial charge in [0.15, 0.2) is 6.61 Å². The highest BCUT2D eigenvalue weighted by Gasteiger charge is 2.13. The monoisotopic (exact) mass is 263 g/mol. The number of aromatic nitrogens is 3. The van der Waals surface area contributed by atoms with Crippen molar-refractivity contribution >= 4 is 5.97 Å². The first-order valence-electron chi connectivity index (χ1n) is 5.53. The topological polar surface area (TPSA) is 86.5 Å². The molecule has 0 fully saturated rings. The Bertz CT molecular complexity index is 594. The van der Waals surface area contributed by atoms with Crippen molar-refractivity contribution < 1.29 is 19.5 Å². The van der Waals surface area contributed by atoms with Gasteiger partial charge in [-0.2, -0.15) is 4.98 Å². The zero-order valence-electron chi connectivity index (χ0n) is 10.5. The predicted octanol–water partition coefficient (Wildman–Crippen LogP) is 1.04. The van der Waals surface area contributed by atoms with Crippen LogP contribution in [0.15, 0.2) is 24.3 Å². The molecule has 0 saturated carbocycles. The van der Waals surface area contributed by atoms with Crippen molar-refractivity contribution in [2.75, 3.05) is 13.7 Å². The molecule has 0 radical (unpaired) electrons. The molecule has 100 valence electrons. The van der Waals surface area contributed by atoms with Gasteiger partial charge < -0.3 is 14.7 Å². The molecule has 0 amide bonds. The number of carbonyl (C=O) groups excluding carboxylic acids is 1. The molecule has 2 aromatic rings. The van der Waals surface area contributed by atoms with Gasteiger partial charge in [-0.1, -0.05) is 33.7 Å². The van der Waals surface area contributed by atoms with Crippen molar-refractivity contribution in [3.8, 4) is 17.4 Å². The first-order valence-corrected chi connectivity index (χ1v) is 5.53. The molecule has 1 aromatic carbocycles. The summed E-state index contributed by atoms with van der Waals surface area (Å²) in [5.41, 5.74) is 1.72. The minimum atomic E-state index is -0.550. The lowest BCUT2D eigenvalue weighted by Gasteiger charge is -1.99. The predicted molar refractivity (Wildman–Crippen MR) is 64.9 cm³/mol. The first kappa shape index (κ1) is 12.9. The van der Waals surface area contributed by atoms with Crippen LogP contribution < -0.4 is 4.74 Å². The molecule has 1 N–H and O–H groups in total. The average molecular weight is 263 g/mol. The molecule has 2 rings (SSSR count). The summed E-state index contributed by atoms with van der Waals surface area (Å²) < 4.78 is 9.41. The summed E-state index contributed by atoms with van der Waals surface area (Å²) in [6.45, 7) is 1.62. The summed E-state index contributed by atoms with van der Waals surface area (Å²) in [6, 6.07) is 7.31. The van der Waals surface area contributed by atoms with Gasteiger partial charge in [-0.15, -0.1) is 0 Å². The minimum absolute atomic E-state index is 0.0931. The highest BCUT2D eigenvalue weighted by molar-refractivity contribution is 5.70. The van der Waals surface area contributed by atoms with Crippen LogP contribution in [0.25, 0.3) is 11.4 Å². The molecule has 0 aliphatic carbocycles. The molecule has 0 unspecified atom stereocenters. The van der Waals surface area contributed by atoms with E-state index in [4.69, 9.17) is 4.74 Å². The number of benzene rings is 1. The van der Waals surface area contributed by atoms with Gasteiger partial charge in [-0.05, 0) is 13.0 Å². The highest BCUT2D eigenvalue weighted by atomic mass is 16.6. The van der Waals surface area contributed by atoms with Gasteiger partial charge in [0.1, 0.15) is 0 Å². The number of methoxy groups -OCH3 is 1. The molecule has 1 heterocycles. The summed E-state index contributed by atoms with van der Waals surface area (Å²) >= 11 is 0. The Labute approximate surface area is 109 Å². The number of carbonyl (C=O) groups is 1. The van der Waals surface area contributed by atoms with E-state index in [1.165, 1.54) is 7.11 Å². The van der Waals surface area contributed by atoms with Crippen molar-refractivity contribution in [1.82, 2.24) is 14.9 Å². The average Bonchev–Trinajstić information content (AvgIpc) is 2.77. The fraction of sp³-hybridized carbons (Fsp3) is 0.250. The van der Waals surface area contributed by atoms with Crippen LogP contribution in [-0.4, -0.2) is 39.8 Å². The second-order valence-electron chi connectivity index (χ2n) is 3.84. The Hall–Kier alpha value is -2.57. The summed E-state index contributed by atoms with van der Waals surface area (Å²) in [6.07, 6.45) is 0. The van der Waals surface area contributed by atoms with Crippen molar-refractivity contribution in [1.29, 1.82) is 0 Å². The Morgan fingerprint density at radius 2 is 2.26 bits per heavy atom. The van der Waals surface area contributed by atoms with E-state index in [2.05, 4.69) is 14.8 Å². The molecule has 19 heavy (non-hydrogen) atoms. The van der Waals surface area contributed by atoms with E-state index in [9.17, 15) is 10.0 Å². The van der Waals surface area contributed by atoms with Crippen molar-refractivity contribution in [2.24, 2.45) is 0 Å². The molecule has 7 heteroatoms. The Kier molecular flexibility index (Phi) is 3.65. The number of rotatable bonds is 4. The zero-order valence-corrected chi connectivity index (χ0v) is 10.5. The maximum Gasteiger partial charge on any atom is 0.344 e. The van der Waals surface area contributed by atoms with Gasteiger partial charge in [0.25, 0.3) is 0 Å². The standard InChI is InChI=1S/C12H13N3O4/c1-8-4-3-5-9(6-8)11-13-12(14-15(11)17)19-7-10(16)18-2/h3-6,17H,7H2,1-2H3. The van der Waals surface area contributed by atoms with Crippen LogP contribution in [0.5, 0.6) is 6.01 Å². The lowest BCUT2D eigenvalue weighted by molar-refractivity contribution is -0.143. The van der Waals surface area contributed by atoms with Gasteiger partial charge in [-0.25, -0.2) is 4.79 Å². The first-order chi connectivity index (χ1) is 9.10. The largest absolute Gasteiger partial charge is 0.466 e. The van der Waals surface area contributed by atoms with Crippen LogP contribution in [-0.2, 0) is 9.53 Å². The molecule has 0 aliphatic rings. The number of esters is 1. The molecular formula is C12H13N3O4. The molecule has 0 aliphatic heterocycles. The number of aryl methyl sites for hydroxylation is 1. The van der Waals surface area contributed by atoms with E-state index < -0.39 is 5.97 Å². The van der Waals surface area contributed by atoms with Gasteiger partial charge in [-0.3, -0.25) is 0 Å². The van der Waals surface area contributed by atoms with Crippen LogP contribution >= 0.6 is 0 Å². The zero-order chi connectivity index (χ0) is 13.8. The number of hydrogen-bond donors (Lipinski definition) is 1. The van der Waals surface area contributed by atoms with Crippen LogP contribution in [0.4, 0.5) is 0 Å². The van der Waals surface area contributed by atoms with Crippen LogP contribution in [0.1, 0.15) is 5.56 Å². The van der Waals surface area contributed by atoms with Gasteiger partial charge in [0, 0.05) is 5.56 Å². The second kappa shape index (κ2) is 5.38. The number of hydrogen-bond acceptors (Lipinski definition) is 6. The quantitative estimate of drug-likeness (QED) is 0.655. The molecule has 0 bridgehead atoms. The maximum absolute atomic E-state index is 10.9. The third-order valence-electron chi connectivity index (χ3n) is 2.39. The smallest absolute Gasteiger partial charge is 0.344 e. The van der Waals surface area contributed by atoms with Crippen molar-refractivity contribution in [2.45, 2.75) is 6.92 Å². The maximum atomic E-state index is 10.9. The lowest BCUT2D eigenvalue weighted by atomic mass is 10.1. The fourth-order valence-electron chi connectivity index (χ4n) is 1.49. The van der Waals surface area contributed by atoms with E-state index in [-0.39, 0.29) is 18.4 Å². The molecule has 1 aromatic heterocycles. The lowest BCUT2D eigenvalue weighted by Crippen LogP contribution is -2.13. The fourth-order valence-corrected chi connectivity index (χ4v) is 1.49. The number of nitrogens with zero attached hydrogens (tertiary/aromatic N) is 3. The molecule has 0 spiro atoms. The van der Waals surface area contributed by atoms with Gasteiger partial charge in [0.2, 0.25) is 5.82 Å². The molecular weight excluding hydrogens is 250 g/mol. The Balaban J connectivity index is 2.19. The van der Waals surface area contributed by atoms with E-state index >= 15 is 0 Å². The summed E-state index contributed by atoms with van der Waals surface area (Å²) in [7, 11) is 1.25. The van der Waals surface area contributed by atoms with Gasteiger partial charge in [0.05, 0.1) is 7.11 Å². The summed E-state index contributed by atoms with van der Waals surface area (Å²) in [5, 5.41) is 13.3. The van der Waals surface area contributed by atoms with E-state index in [1.807, 2.05) is 25.1 Å². The van der Waals surface area contributed by atoms with Crippen molar-refractivity contribution in [3.63, 3.8) is 0 Å². The molecule has 0 atom stereocenters. The van der Waals surface area contributed by atoms with Crippen molar-refractivity contribution in [3.05, 3.63) is 29.8 Å². The second-order valence-corrected chi connectivity index (χ2v) is 3.84. The van der Waals surface area contributed by atoms with Crippen LogP contribution in [0.3, 0.4) is 0 Å². The molecule has 0 saturated heterocycles. The van der Waals surface area contributed by atoms with Crippen LogP contribution in [0, 0.1) is 6.92 Å². The van der Waals surface area contributed by atoms with Gasteiger partial charge >= 0.3 is 12.0 Å². The van der Waals surface area contributed by atoms with E-state index in [1.54, 1.807) is 6.07 Å². The van der Waals surface area contributed by atoms with E-state index in [0.29, 0.717) is 10.4 Å². The van der Waals surface area contributed by atoms with Crippen LogP contribution in [0.2, 0.25) is 0 Å².